The molecule has 48 heavy (non-hydrogen) atoms. The van der Waals surface area contributed by atoms with Crippen LogP contribution in [0, 0.1) is 0 Å². The summed E-state index contributed by atoms with van der Waals surface area (Å²) < 4.78 is 2.49. The minimum absolute atomic E-state index is 1.02. The number of nitrogens with zero attached hydrogens (tertiary/aromatic N) is 2. The lowest BCUT2D eigenvalue weighted by molar-refractivity contribution is 1.28. The highest BCUT2D eigenvalue weighted by molar-refractivity contribution is 7.26. The molecule has 0 unspecified atom stereocenters. The lowest BCUT2D eigenvalue weighted by atomic mass is 9.99. The Morgan fingerprint density at radius 3 is 1.38 bits per heavy atom. The van der Waals surface area contributed by atoms with Crippen molar-refractivity contribution < 1.29 is 0 Å². The van der Waals surface area contributed by atoms with Gasteiger partial charge in [-0.3, -0.25) is 0 Å². The number of aromatic nitrogens is 1. The molecule has 0 amide bonds. The predicted octanol–water partition coefficient (Wildman–Crippen LogP) is 13.1. The molecule has 226 valence electrons. The average molecular weight is 631 g/mol. The van der Waals surface area contributed by atoms with Gasteiger partial charge in [0.15, 0.2) is 0 Å². The van der Waals surface area contributed by atoms with Crippen molar-refractivity contribution in [3.8, 4) is 33.4 Å². The van der Waals surface area contributed by atoms with E-state index < -0.39 is 0 Å². The van der Waals surface area contributed by atoms with E-state index in [1.54, 1.807) is 0 Å². The second-order valence-electron chi connectivity index (χ2n) is 12.0. The smallest absolute Gasteiger partial charge is 0.0902 e. The summed E-state index contributed by atoms with van der Waals surface area (Å²) in [5, 5.41) is 2.39. The Morgan fingerprint density at radius 1 is 0.375 bits per heavy atom. The first-order chi connectivity index (χ1) is 23.8. The Hall–Kier alpha value is -6.03. The van der Waals surface area contributed by atoms with Gasteiger partial charge in [0.25, 0.3) is 0 Å². The molecule has 0 aliphatic heterocycles. The standard InChI is InChI=1S/C45H30N2S/c1-3-11-31(12-4-1)33-19-25-36(26-20-33)47(37-27-21-34(22-28-37)32-13-5-2-6-14-32)38-29-23-35(24-30-38)43-39-15-7-9-17-41(39)46-44-40-16-8-10-18-42(40)48-45(43)44/h1-30H. The zero-order valence-electron chi connectivity index (χ0n) is 26.1. The van der Waals surface area contributed by atoms with E-state index in [1.165, 1.54) is 53.6 Å². The quantitative estimate of drug-likeness (QED) is 0.182. The highest BCUT2D eigenvalue weighted by Gasteiger charge is 2.18. The minimum atomic E-state index is 1.02. The molecule has 0 atom stereocenters. The van der Waals surface area contributed by atoms with Gasteiger partial charge >= 0.3 is 0 Å². The summed E-state index contributed by atoms with van der Waals surface area (Å²) >= 11 is 1.83. The van der Waals surface area contributed by atoms with Gasteiger partial charge in [0, 0.05) is 38.1 Å². The third kappa shape index (κ3) is 5.02. The van der Waals surface area contributed by atoms with Crippen molar-refractivity contribution in [2.75, 3.05) is 4.90 Å². The molecule has 0 aliphatic rings. The molecule has 0 fully saturated rings. The Labute approximate surface area is 283 Å². The van der Waals surface area contributed by atoms with Crippen molar-refractivity contribution in [3.05, 3.63) is 182 Å². The molecule has 7 aromatic carbocycles. The summed E-state index contributed by atoms with van der Waals surface area (Å²) in [6.45, 7) is 0. The van der Waals surface area contributed by atoms with Gasteiger partial charge in [-0.15, -0.1) is 11.3 Å². The van der Waals surface area contributed by atoms with Crippen LogP contribution in [0.2, 0.25) is 0 Å². The molecule has 0 N–H and O–H groups in total. The summed E-state index contributed by atoms with van der Waals surface area (Å²) in [7, 11) is 0. The lowest BCUT2D eigenvalue weighted by Gasteiger charge is -2.26. The molecular formula is C45H30N2S. The predicted molar refractivity (Wildman–Crippen MR) is 206 cm³/mol. The number of fused-ring (bicyclic) bond motifs is 4. The van der Waals surface area contributed by atoms with Crippen LogP contribution < -0.4 is 4.90 Å². The van der Waals surface area contributed by atoms with E-state index in [0.29, 0.717) is 0 Å². The monoisotopic (exact) mass is 630 g/mol. The van der Waals surface area contributed by atoms with Gasteiger partial charge < -0.3 is 4.90 Å². The van der Waals surface area contributed by atoms with Crippen LogP contribution in [0.5, 0.6) is 0 Å². The molecule has 9 rings (SSSR count). The Bertz CT molecular complexity index is 2440. The fourth-order valence-corrected chi connectivity index (χ4v) is 7.94. The largest absolute Gasteiger partial charge is 0.311 e. The van der Waals surface area contributed by atoms with E-state index in [2.05, 4.69) is 187 Å². The van der Waals surface area contributed by atoms with Crippen molar-refractivity contribution in [2.45, 2.75) is 0 Å². The molecule has 2 nitrogen and oxygen atoms in total. The summed E-state index contributed by atoms with van der Waals surface area (Å²) in [5.74, 6) is 0. The molecule has 9 aromatic rings. The van der Waals surface area contributed by atoms with E-state index >= 15 is 0 Å². The van der Waals surface area contributed by atoms with Gasteiger partial charge in [-0.1, -0.05) is 133 Å². The first-order valence-electron chi connectivity index (χ1n) is 16.2. The molecule has 0 saturated carbocycles. The van der Waals surface area contributed by atoms with E-state index in [4.69, 9.17) is 4.98 Å². The maximum Gasteiger partial charge on any atom is 0.0902 e. The van der Waals surface area contributed by atoms with Crippen LogP contribution in [0.25, 0.3) is 64.6 Å². The topological polar surface area (TPSA) is 16.1 Å². The van der Waals surface area contributed by atoms with Gasteiger partial charge in [-0.05, 0) is 76.3 Å². The SMILES string of the molecule is c1ccc(-c2ccc(N(c3ccc(-c4ccccc4)cc3)c3ccc(-c4c5ccccc5nc5c4sc4ccccc45)cc3)cc2)cc1. The van der Waals surface area contributed by atoms with E-state index in [9.17, 15) is 0 Å². The second-order valence-corrected chi connectivity index (χ2v) is 13.0. The number of para-hydroxylation sites is 1. The van der Waals surface area contributed by atoms with Gasteiger partial charge in [-0.25, -0.2) is 4.98 Å². The van der Waals surface area contributed by atoms with E-state index in [-0.39, 0.29) is 0 Å². The van der Waals surface area contributed by atoms with Crippen molar-refractivity contribution in [1.82, 2.24) is 4.98 Å². The van der Waals surface area contributed by atoms with E-state index in [0.717, 1.165) is 28.1 Å². The fraction of sp³-hybridized carbons (Fsp3) is 0. The third-order valence-electron chi connectivity index (χ3n) is 9.08. The van der Waals surface area contributed by atoms with Crippen LogP contribution in [-0.2, 0) is 0 Å². The summed E-state index contributed by atoms with van der Waals surface area (Å²) in [6, 6.07) is 65.0. The molecule has 0 radical (unpaired) electrons. The van der Waals surface area contributed by atoms with Gasteiger partial charge in [0.1, 0.15) is 0 Å². The van der Waals surface area contributed by atoms with Crippen molar-refractivity contribution >= 4 is 59.6 Å². The Balaban J connectivity index is 1.16. The van der Waals surface area contributed by atoms with Crippen LogP contribution in [0.15, 0.2) is 182 Å². The molecule has 3 heteroatoms. The third-order valence-corrected chi connectivity index (χ3v) is 10.3. The van der Waals surface area contributed by atoms with Gasteiger partial charge in [0.2, 0.25) is 0 Å². The molecule has 2 heterocycles. The second kappa shape index (κ2) is 12.0. The van der Waals surface area contributed by atoms with Crippen molar-refractivity contribution in [1.29, 1.82) is 0 Å². The molecule has 0 spiro atoms. The van der Waals surface area contributed by atoms with Gasteiger partial charge in [-0.2, -0.15) is 0 Å². The van der Waals surface area contributed by atoms with Crippen LogP contribution in [-0.4, -0.2) is 4.98 Å². The van der Waals surface area contributed by atoms with Crippen LogP contribution in [0.3, 0.4) is 0 Å². The highest BCUT2D eigenvalue weighted by Crippen LogP contribution is 2.44. The first kappa shape index (κ1) is 28.2. The van der Waals surface area contributed by atoms with Crippen molar-refractivity contribution in [3.63, 3.8) is 0 Å². The number of rotatable bonds is 6. The first-order valence-corrected chi connectivity index (χ1v) is 17.0. The summed E-state index contributed by atoms with van der Waals surface area (Å²) in [6.07, 6.45) is 0. The van der Waals surface area contributed by atoms with Gasteiger partial charge in [0.05, 0.1) is 15.7 Å². The maximum absolute atomic E-state index is 5.14. The van der Waals surface area contributed by atoms with Crippen LogP contribution in [0.4, 0.5) is 17.1 Å². The number of hydrogen-bond donors (Lipinski definition) is 0. The molecule has 0 aliphatic carbocycles. The van der Waals surface area contributed by atoms with Crippen molar-refractivity contribution in [2.24, 2.45) is 0 Å². The molecular weight excluding hydrogens is 601 g/mol. The molecule has 2 aromatic heterocycles. The Kier molecular flexibility index (Phi) is 7.03. The minimum Gasteiger partial charge on any atom is -0.311 e. The number of thiophene rings is 1. The summed E-state index contributed by atoms with van der Waals surface area (Å²) in [5.41, 5.74) is 12.7. The average Bonchev–Trinajstić information content (AvgIpc) is 3.54. The van der Waals surface area contributed by atoms with Crippen LogP contribution >= 0.6 is 11.3 Å². The summed E-state index contributed by atoms with van der Waals surface area (Å²) in [4.78, 5) is 7.48. The number of benzene rings is 7. The number of anilines is 3. The normalized spacial score (nSPS) is 11.3. The molecule has 0 bridgehead atoms. The maximum atomic E-state index is 5.14. The number of pyridine rings is 1. The fourth-order valence-electron chi connectivity index (χ4n) is 6.72. The van der Waals surface area contributed by atoms with E-state index in [1.807, 2.05) is 11.3 Å². The zero-order chi connectivity index (χ0) is 31.9. The zero-order valence-corrected chi connectivity index (χ0v) is 26.9. The number of hydrogen-bond acceptors (Lipinski definition) is 3. The highest BCUT2D eigenvalue weighted by atomic mass is 32.1. The Morgan fingerprint density at radius 2 is 0.812 bits per heavy atom. The lowest BCUT2D eigenvalue weighted by Crippen LogP contribution is -2.09. The van der Waals surface area contributed by atoms with Crippen LogP contribution in [0.1, 0.15) is 0 Å². The molecule has 0 saturated heterocycles.